The Morgan fingerprint density at radius 1 is 1.19 bits per heavy atom. The topological polar surface area (TPSA) is 60.5 Å². The number of carbonyl (C=O) groups is 1. The molecule has 0 aliphatic carbocycles. The number of nitrogens with one attached hydrogen (secondary N) is 1. The van der Waals surface area contributed by atoms with Gasteiger partial charge in [0.15, 0.2) is 11.7 Å². The van der Waals surface area contributed by atoms with E-state index < -0.39 is 0 Å². The Morgan fingerprint density at radius 3 is 2.70 bits per heavy atom. The first-order valence-corrected chi connectivity index (χ1v) is 9.93. The summed E-state index contributed by atoms with van der Waals surface area (Å²) in [5.74, 6) is 1.19. The van der Waals surface area contributed by atoms with Crippen molar-refractivity contribution in [2.24, 2.45) is 0 Å². The third-order valence-electron chi connectivity index (χ3n) is 4.05. The highest BCUT2D eigenvalue weighted by Crippen LogP contribution is 2.32. The molecule has 1 amide bonds. The molecule has 0 aliphatic heterocycles. The molecular weight excluding hydrogens is 428 g/mol. The van der Waals surface area contributed by atoms with Gasteiger partial charge in [-0.1, -0.05) is 6.07 Å². The molecule has 0 aliphatic rings. The maximum atomic E-state index is 12.1. The molecular formula is C20H19BrN2O3S. The predicted octanol–water partition coefficient (Wildman–Crippen LogP) is 5.22. The summed E-state index contributed by atoms with van der Waals surface area (Å²) < 4.78 is 11.6. The number of hydrogen-bond acceptors (Lipinski definition) is 5. The number of aromatic nitrogens is 1. The van der Waals surface area contributed by atoms with Crippen molar-refractivity contribution in [3.05, 3.63) is 57.4 Å². The number of halogens is 1. The standard InChI is InChI=1S/C20H19BrN2O3S/c1-12-4-6-15(8-13(12)2)26-10-19(24)23-20-22-17(11-27-20)14-5-7-18(25-3)16(21)9-14/h4-9,11H,10H2,1-3H3,(H,22,23,24). The molecule has 0 saturated heterocycles. The van der Waals surface area contributed by atoms with Gasteiger partial charge >= 0.3 is 0 Å². The monoisotopic (exact) mass is 446 g/mol. The largest absolute Gasteiger partial charge is 0.496 e. The van der Waals surface area contributed by atoms with E-state index in [1.54, 1.807) is 7.11 Å². The third kappa shape index (κ3) is 4.87. The highest BCUT2D eigenvalue weighted by molar-refractivity contribution is 9.10. The Bertz CT molecular complexity index is 972. The van der Waals surface area contributed by atoms with Crippen molar-refractivity contribution in [2.45, 2.75) is 13.8 Å². The molecule has 3 aromatic rings. The number of aryl methyl sites for hydroxylation is 2. The Kier molecular flexibility index (Phi) is 6.13. The first-order chi connectivity index (χ1) is 13.0. The van der Waals surface area contributed by atoms with E-state index in [2.05, 4.69) is 26.2 Å². The van der Waals surface area contributed by atoms with Crippen LogP contribution >= 0.6 is 27.3 Å². The SMILES string of the molecule is COc1ccc(-c2csc(NC(=O)COc3ccc(C)c(C)c3)n2)cc1Br. The molecule has 5 nitrogen and oxygen atoms in total. The second-order valence-electron chi connectivity index (χ2n) is 5.97. The van der Waals surface area contributed by atoms with Gasteiger partial charge < -0.3 is 9.47 Å². The van der Waals surface area contributed by atoms with Crippen molar-refractivity contribution in [1.82, 2.24) is 4.98 Å². The molecule has 0 fully saturated rings. The van der Waals surface area contributed by atoms with E-state index in [0.29, 0.717) is 10.9 Å². The van der Waals surface area contributed by atoms with E-state index in [9.17, 15) is 4.79 Å². The molecule has 0 radical (unpaired) electrons. The van der Waals surface area contributed by atoms with Gasteiger partial charge in [-0.3, -0.25) is 10.1 Å². The first-order valence-electron chi connectivity index (χ1n) is 8.25. The molecule has 0 atom stereocenters. The quantitative estimate of drug-likeness (QED) is 0.563. The van der Waals surface area contributed by atoms with Crippen molar-refractivity contribution >= 4 is 38.3 Å². The number of hydrogen-bond donors (Lipinski definition) is 1. The minimum Gasteiger partial charge on any atom is -0.496 e. The molecule has 0 spiro atoms. The summed E-state index contributed by atoms with van der Waals surface area (Å²) in [4.78, 5) is 16.6. The summed E-state index contributed by atoms with van der Waals surface area (Å²) in [5, 5.41) is 5.20. The second kappa shape index (κ2) is 8.54. The van der Waals surface area contributed by atoms with E-state index in [4.69, 9.17) is 9.47 Å². The van der Waals surface area contributed by atoms with E-state index in [1.165, 1.54) is 16.9 Å². The van der Waals surface area contributed by atoms with Gasteiger partial charge in [0.25, 0.3) is 5.91 Å². The van der Waals surface area contributed by atoms with Crippen LogP contribution in [0.2, 0.25) is 0 Å². The van der Waals surface area contributed by atoms with Crippen molar-refractivity contribution < 1.29 is 14.3 Å². The maximum absolute atomic E-state index is 12.1. The predicted molar refractivity (Wildman–Crippen MR) is 112 cm³/mol. The summed E-state index contributed by atoms with van der Waals surface area (Å²) >= 11 is 4.84. The Balaban J connectivity index is 1.60. The lowest BCUT2D eigenvalue weighted by atomic mass is 10.1. The Hall–Kier alpha value is -2.38. The number of anilines is 1. The van der Waals surface area contributed by atoms with Crippen LogP contribution in [-0.4, -0.2) is 24.6 Å². The summed E-state index contributed by atoms with van der Waals surface area (Å²) in [7, 11) is 1.62. The fourth-order valence-corrected chi connectivity index (χ4v) is 3.67. The van der Waals surface area contributed by atoms with Gasteiger partial charge in [-0.05, 0) is 71.2 Å². The average molecular weight is 447 g/mol. The molecule has 1 N–H and O–H groups in total. The number of thiazole rings is 1. The van der Waals surface area contributed by atoms with Crippen molar-refractivity contribution in [1.29, 1.82) is 0 Å². The summed E-state index contributed by atoms with van der Waals surface area (Å²) in [6.07, 6.45) is 0. The maximum Gasteiger partial charge on any atom is 0.264 e. The van der Waals surface area contributed by atoms with Gasteiger partial charge in [0.2, 0.25) is 0 Å². The lowest BCUT2D eigenvalue weighted by Crippen LogP contribution is -2.20. The molecule has 140 valence electrons. The number of amides is 1. The van der Waals surface area contributed by atoms with Gasteiger partial charge in [-0.25, -0.2) is 4.98 Å². The zero-order chi connectivity index (χ0) is 19.4. The highest BCUT2D eigenvalue weighted by atomic mass is 79.9. The number of rotatable bonds is 6. The van der Waals surface area contributed by atoms with Crippen LogP contribution in [0, 0.1) is 13.8 Å². The van der Waals surface area contributed by atoms with E-state index >= 15 is 0 Å². The number of benzene rings is 2. The van der Waals surface area contributed by atoms with Crippen molar-refractivity contribution in [3.63, 3.8) is 0 Å². The zero-order valence-corrected chi connectivity index (χ0v) is 17.6. The van der Waals surface area contributed by atoms with Gasteiger partial charge in [0, 0.05) is 10.9 Å². The number of methoxy groups -OCH3 is 1. The van der Waals surface area contributed by atoms with Crippen LogP contribution < -0.4 is 14.8 Å². The van der Waals surface area contributed by atoms with Crippen molar-refractivity contribution in [2.75, 3.05) is 19.0 Å². The lowest BCUT2D eigenvalue weighted by molar-refractivity contribution is -0.118. The van der Waals surface area contributed by atoms with Crippen LogP contribution in [0.15, 0.2) is 46.3 Å². The molecule has 0 bridgehead atoms. The van der Waals surface area contributed by atoms with Crippen LogP contribution in [0.4, 0.5) is 5.13 Å². The molecule has 1 heterocycles. The summed E-state index contributed by atoms with van der Waals surface area (Å²) in [6, 6.07) is 11.5. The molecule has 27 heavy (non-hydrogen) atoms. The minimum atomic E-state index is -0.245. The van der Waals surface area contributed by atoms with Gasteiger partial charge in [0.05, 0.1) is 17.3 Å². The first kappa shape index (κ1) is 19.4. The number of nitrogens with zero attached hydrogens (tertiary/aromatic N) is 1. The van der Waals surface area contributed by atoms with Crippen LogP contribution in [0.3, 0.4) is 0 Å². The molecule has 7 heteroatoms. The van der Waals surface area contributed by atoms with Gasteiger partial charge in [-0.15, -0.1) is 11.3 Å². The van der Waals surface area contributed by atoms with Crippen molar-refractivity contribution in [3.8, 4) is 22.8 Å². The van der Waals surface area contributed by atoms with E-state index in [1.807, 2.05) is 55.6 Å². The summed E-state index contributed by atoms with van der Waals surface area (Å²) in [6.45, 7) is 3.98. The van der Waals surface area contributed by atoms with Crippen LogP contribution in [-0.2, 0) is 4.79 Å². The number of ether oxygens (including phenoxy) is 2. The van der Waals surface area contributed by atoms with Crippen LogP contribution in [0.25, 0.3) is 11.3 Å². The highest BCUT2D eigenvalue weighted by Gasteiger charge is 2.10. The average Bonchev–Trinajstić information content (AvgIpc) is 3.11. The van der Waals surface area contributed by atoms with Crippen LogP contribution in [0.5, 0.6) is 11.5 Å². The number of carbonyl (C=O) groups excluding carboxylic acids is 1. The fourth-order valence-electron chi connectivity index (χ4n) is 2.40. The zero-order valence-electron chi connectivity index (χ0n) is 15.2. The molecule has 0 saturated carbocycles. The minimum absolute atomic E-state index is 0.0640. The van der Waals surface area contributed by atoms with Gasteiger partial charge in [-0.2, -0.15) is 0 Å². The normalized spacial score (nSPS) is 10.5. The van der Waals surface area contributed by atoms with E-state index in [-0.39, 0.29) is 12.5 Å². The second-order valence-corrected chi connectivity index (χ2v) is 7.68. The molecule has 3 rings (SSSR count). The third-order valence-corrected chi connectivity index (χ3v) is 5.42. The smallest absolute Gasteiger partial charge is 0.264 e. The molecule has 1 aromatic heterocycles. The Morgan fingerprint density at radius 2 is 2.00 bits per heavy atom. The molecule has 0 unspecified atom stereocenters. The Labute approximate surface area is 170 Å². The van der Waals surface area contributed by atoms with E-state index in [0.717, 1.165) is 27.0 Å². The molecule has 2 aromatic carbocycles. The van der Waals surface area contributed by atoms with Crippen LogP contribution in [0.1, 0.15) is 11.1 Å². The summed E-state index contributed by atoms with van der Waals surface area (Å²) in [5.41, 5.74) is 4.04. The van der Waals surface area contributed by atoms with Gasteiger partial charge in [0.1, 0.15) is 11.5 Å². The lowest BCUT2D eigenvalue weighted by Gasteiger charge is -2.08. The fraction of sp³-hybridized carbons (Fsp3) is 0.200.